The van der Waals surface area contributed by atoms with Crippen molar-refractivity contribution < 1.29 is 0 Å². The van der Waals surface area contributed by atoms with Crippen molar-refractivity contribution in [2.24, 2.45) is 0 Å². The van der Waals surface area contributed by atoms with Crippen LogP contribution in [0.15, 0.2) is 0 Å². The Morgan fingerprint density at radius 1 is 1.50 bits per heavy atom. The van der Waals surface area contributed by atoms with Gasteiger partial charge in [0.25, 0.3) is 0 Å². The molecule has 0 heterocycles. The van der Waals surface area contributed by atoms with Crippen LogP contribution in [0.1, 0.15) is 19.8 Å². The average molecular weight is 98.1 g/mol. The summed E-state index contributed by atoms with van der Waals surface area (Å²) in [6.45, 7) is 2.16. The van der Waals surface area contributed by atoms with Crippen LogP contribution in [0.4, 0.5) is 0 Å². The Morgan fingerprint density at radius 3 is 2.00 bits per heavy atom. The van der Waals surface area contributed by atoms with Crippen LogP contribution in [0.3, 0.4) is 0 Å². The van der Waals surface area contributed by atoms with Crippen molar-refractivity contribution in [1.82, 2.24) is 0 Å². The third kappa shape index (κ3) is 8.87. The van der Waals surface area contributed by atoms with Crippen LogP contribution in [0.2, 0.25) is 0 Å². The van der Waals surface area contributed by atoms with Crippen LogP contribution in [-0.4, -0.2) is 24.6 Å². The number of hydrogen-bond acceptors (Lipinski definition) is 1. The van der Waals surface area contributed by atoms with E-state index < -0.39 is 0 Å². The zero-order valence-corrected chi connectivity index (χ0v) is 4.46. The van der Waals surface area contributed by atoms with Gasteiger partial charge in [0, 0.05) is 0 Å². The molecule has 6 heavy (non-hydrogen) atoms. The van der Waals surface area contributed by atoms with E-state index in [1.165, 1.54) is 12.8 Å². The molecule has 0 aromatic heterocycles. The predicted molar refractivity (Wildman–Crippen MR) is 35.9 cm³/mol. The molecule has 0 rings (SSSR count). The zero-order valence-electron chi connectivity index (χ0n) is 3.57. The number of unbranched alkanes of at least 4 members (excludes halogenated alkanes) is 1. The van der Waals surface area contributed by atoms with Crippen LogP contribution in [-0.2, 0) is 0 Å². The molecule has 34 valence electrons. The maximum absolute atomic E-state index is 4.00. The molecule has 0 unspecified atom stereocenters. The van der Waals surface area contributed by atoms with Gasteiger partial charge in [-0.15, -0.1) is 0 Å². The SMILES string of the molecule is CCCCS.[LiH]. The Balaban J connectivity index is 0. The third-order valence-electron chi connectivity index (χ3n) is 0.512. The summed E-state index contributed by atoms with van der Waals surface area (Å²) in [5.41, 5.74) is 0. The van der Waals surface area contributed by atoms with Crippen LogP contribution in [0, 0.1) is 0 Å². The summed E-state index contributed by atoms with van der Waals surface area (Å²) in [6, 6.07) is 0. The molecular weight excluding hydrogens is 87.1 g/mol. The summed E-state index contributed by atoms with van der Waals surface area (Å²) in [5, 5.41) is 0. The summed E-state index contributed by atoms with van der Waals surface area (Å²) in [5.74, 6) is 1.04. The normalized spacial score (nSPS) is 7.00. The Morgan fingerprint density at radius 2 is 2.00 bits per heavy atom. The third-order valence-corrected chi connectivity index (χ3v) is 0.828. The molecule has 2 heteroatoms. The predicted octanol–water partition coefficient (Wildman–Crippen LogP) is 1.07. The van der Waals surface area contributed by atoms with E-state index in [0.29, 0.717) is 0 Å². The van der Waals surface area contributed by atoms with Crippen molar-refractivity contribution in [3.63, 3.8) is 0 Å². The fraction of sp³-hybridized carbons (Fsp3) is 1.00. The van der Waals surface area contributed by atoms with Crippen LogP contribution >= 0.6 is 12.6 Å². The molecule has 0 aliphatic rings. The molecule has 0 spiro atoms. The molecule has 0 saturated carbocycles. The van der Waals surface area contributed by atoms with Crippen molar-refractivity contribution in [3.8, 4) is 0 Å². The summed E-state index contributed by atoms with van der Waals surface area (Å²) in [7, 11) is 0. The minimum absolute atomic E-state index is 0. The Bertz CT molecular complexity index is 15.0. The van der Waals surface area contributed by atoms with Crippen LogP contribution < -0.4 is 0 Å². The van der Waals surface area contributed by atoms with Gasteiger partial charge in [0.2, 0.25) is 0 Å². The van der Waals surface area contributed by atoms with Crippen molar-refractivity contribution in [2.45, 2.75) is 19.8 Å². The molecule has 0 N–H and O–H groups in total. The van der Waals surface area contributed by atoms with Gasteiger partial charge in [0.1, 0.15) is 0 Å². The van der Waals surface area contributed by atoms with Crippen molar-refractivity contribution in [2.75, 3.05) is 5.75 Å². The molecule has 0 amide bonds. The first kappa shape index (κ1) is 10.0. The van der Waals surface area contributed by atoms with E-state index in [9.17, 15) is 0 Å². The molecule has 0 bridgehead atoms. The molecule has 0 aromatic rings. The summed E-state index contributed by atoms with van der Waals surface area (Å²) < 4.78 is 0. The first-order chi connectivity index (χ1) is 2.41. The van der Waals surface area contributed by atoms with Gasteiger partial charge in [0.15, 0.2) is 0 Å². The van der Waals surface area contributed by atoms with Crippen LogP contribution in [0.5, 0.6) is 0 Å². The van der Waals surface area contributed by atoms with Gasteiger partial charge in [-0.05, 0) is 12.2 Å². The molecule has 0 saturated heterocycles. The summed E-state index contributed by atoms with van der Waals surface area (Å²) >= 11 is 4.00. The van der Waals surface area contributed by atoms with Crippen molar-refractivity contribution in [1.29, 1.82) is 0 Å². The Kier molecular flexibility index (Phi) is 15.6. The van der Waals surface area contributed by atoms with Gasteiger partial charge in [-0.3, -0.25) is 0 Å². The van der Waals surface area contributed by atoms with E-state index >= 15 is 0 Å². The molecule has 0 radical (unpaired) electrons. The average Bonchev–Trinajstić information content (AvgIpc) is 1.41. The van der Waals surface area contributed by atoms with Crippen molar-refractivity contribution in [3.05, 3.63) is 0 Å². The van der Waals surface area contributed by atoms with E-state index in [1.807, 2.05) is 0 Å². The Hall–Kier alpha value is 0.947. The zero-order chi connectivity index (χ0) is 4.12. The molecule has 0 fully saturated rings. The van der Waals surface area contributed by atoms with Gasteiger partial charge >= 0.3 is 18.9 Å². The second-order valence-electron chi connectivity index (χ2n) is 1.08. The van der Waals surface area contributed by atoms with Gasteiger partial charge < -0.3 is 0 Å². The molecular formula is C4H11LiS. The second-order valence-corrected chi connectivity index (χ2v) is 1.52. The quantitative estimate of drug-likeness (QED) is 0.387. The number of hydrogen-bond donors (Lipinski definition) is 1. The summed E-state index contributed by atoms with van der Waals surface area (Å²) in [4.78, 5) is 0. The van der Waals surface area contributed by atoms with Gasteiger partial charge in [-0.2, -0.15) is 12.6 Å². The van der Waals surface area contributed by atoms with Crippen molar-refractivity contribution >= 4 is 31.5 Å². The molecule has 0 aliphatic heterocycles. The monoisotopic (exact) mass is 98.1 g/mol. The van der Waals surface area contributed by atoms with E-state index in [1.54, 1.807) is 0 Å². The topological polar surface area (TPSA) is 0 Å². The van der Waals surface area contributed by atoms with Crippen LogP contribution in [0.25, 0.3) is 0 Å². The summed E-state index contributed by atoms with van der Waals surface area (Å²) in [6.07, 6.45) is 2.52. The number of thiol groups is 1. The standard InChI is InChI=1S/C4H10S.Li.H/c1-2-3-4-5;;/h5H,2-4H2,1H3;;. The molecule has 0 nitrogen and oxygen atoms in total. The van der Waals surface area contributed by atoms with E-state index in [2.05, 4.69) is 19.6 Å². The minimum atomic E-state index is 0. The maximum atomic E-state index is 4.00. The van der Waals surface area contributed by atoms with Gasteiger partial charge in [-0.1, -0.05) is 13.3 Å². The fourth-order valence-corrected chi connectivity index (χ4v) is 0.474. The van der Waals surface area contributed by atoms with Gasteiger partial charge in [-0.25, -0.2) is 0 Å². The first-order valence-corrected chi connectivity index (χ1v) is 2.66. The molecule has 0 aromatic carbocycles. The van der Waals surface area contributed by atoms with E-state index in [-0.39, 0.29) is 18.9 Å². The second kappa shape index (κ2) is 9.34. The fourth-order valence-electron chi connectivity index (χ4n) is 0.158. The Labute approximate surface area is 57.3 Å². The molecule has 0 atom stereocenters. The van der Waals surface area contributed by atoms with E-state index in [4.69, 9.17) is 0 Å². The first-order valence-electron chi connectivity index (χ1n) is 2.02. The van der Waals surface area contributed by atoms with E-state index in [0.717, 1.165) is 5.75 Å². The number of rotatable bonds is 2. The molecule has 0 aliphatic carbocycles. The van der Waals surface area contributed by atoms with Gasteiger partial charge in [0.05, 0.1) is 0 Å².